The molecule has 170 valence electrons. The molecule has 0 bridgehead atoms. The van der Waals surface area contributed by atoms with Gasteiger partial charge in [-0.1, -0.05) is 0 Å². The maximum Gasteiger partial charge on any atom is 0.229 e. The number of ketones is 1. The lowest BCUT2D eigenvalue weighted by molar-refractivity contribution is 0.101. The Bertz CT molecular complexity index is 1150. The van der Waals surface area contributed by atoms with Crippen molar-refractivity contribution in [1.29, 1.82) is 0 Å². The van der Waals surface area contributed by atoms with E-state index in [0.29, 0.717) is 37.2 Å². The molecule has 0 atom stereocenters. The van der Waals surface area contributed by atoms with Crippen LogP contribution in [-0.4, -0.2) is 60.2 Å². The van der Waals surface area contributed by atoms with Crippen molar-refractivity contribution in [2.24, 2.45) is 0 Å². The van der Waals surface area contributed by atoms with E-state index in [9.17, 15) is 4.79 Å². The van der Waals surface area contributed by atoms with Crippen molar-refractivity contribution in [3.8, 4) is 5.75 Å². The van der Waals surface area contributed by atoms with E-state index in [-0.39, 0.29) is 5.78 Å². The Labute approximate surface area is 191 Å². The van der Waals surface area contributed by atoms with Gasteiger partial charge in [-0.25, -0.2) is 9.97 Å². The van der Waals surface area contributed by atoms with Crippen molar-refractivity contribution in [1.82, 2.24) is 15.0 Å². The molecule has 0 amide bonds. The summed E-state index contributed by atoms with van der Waals surface area (Å²) in [6, 6.07) is 9.60. The van der Waals surface area contributed by atoms with Crippen LogP contribution in [0.25, 0.3) is 0 Å². The van der Waals surface area contributed by atoms with Gasteiger partial charge in [0.1, 0.15) is 24.0 Å². The third-order valence-electron chi connectivity index (χ3n) is 5.42. The van der Waals surface area contributed by atoms with Gasteiger partial charge in [0.05, 0.1) is 36.3 Å². The van der Waals surface area contributed by atoms with Crippen LogP contribution in [0.1, 0.15) is 17.3 Å². The minimum atomic E-state index is -0.125. The molecule has 3 N–H and O–H groups in total. The number of rotatable bonds is 6. The molecule has 33 heavy (non-hydrogen) atoms. The number of ether oxygens (including phenoxy) is 2. The summed E-state index contributed by atoms with van der Waals surface area (Å²) in [5, 5.41) is 9.71. The summed E-state index contributed by atoms with van der Waals surface area (Å²) in [5.74, 6) is 2.37. The van der Waals surface area contributed by atoms with Crippen LogP contribution in [0.3, 0.4) is 0 Å². The van der Waals surface area contributed by atoms with Crippen LogP contribution < -0.4 is 25.6 Å². The third kappa shape index (κ3) is 4.80. The molecule has 1 saturated heterocycles. The molecule has 5 rings (SSSR count). The summed E-state index contributed by atoms with van der Waals surface area (Å²) >= 11 is 0. The average molecular weight is 447 g/mol. The van der Waals surface area contributed by atoms with Crippen LogP contribution in [0, 0.1) is 0 Å². The lowest BCUT2D eigenvalue weighted by Gasteiger charge is -2.27. The Morgan fingerprint density at radius 3 is 2.67 bits per heavy atom. The van der Waals surface area contributed by atoms with Gasteiger partial charge in [0.25, 0.3) is 0 Å². The smallest absolute Gasteiger partial charge is 0.229 e. The number of hydrogen-bond donors (Lipinski definition) is 3. The Hall–Kier alpha value is -3.92. The van der Waals surface area contributed by atoms with Gasteiger partial charge in [-0.05, 0) is 37.3 Å². The van der Waals surface area contributed by atoms with E-state index in [4.69, 9.17) is 9.47 Å². The van der Waals surface area contributed by atoms with Crippen LogP contribution >= 0.6 is 0 Å². The predicted octanol–water partition coefficient (Wildman–Crippen LogP) is 3.20. The van der Waals surface area contributed by atoms with Crippen molar-refractivity contribution in [2.45, 2.75) is 6.92 Å². The summed E-state index contributed by atoms with van der Waals surface area (Å²) in [4.78, 5) is 27.7. The van der Waals surface area contributed by atoms with Crippen LogP contribution in [0.4, 0.5) is 34.6 Å². The summed E-state index contributed by atoms with van der Waals surface area (Å²) < 4.78 is 11.0. The fraction of sp³-hybridized carbons (Fsp3) is 0.304. The number of morpholine rings is 1. The molecule has 2 aliphatic heterocycles. The highest BCUT2D eigenvalue weighted by Crippen LogP contribution is 2.32. The predicted molar refractivity (Wildman–Crippen MR) is 126 cm³/mol. The average Bonchev–Trinajstić information content (AvgIpc) is 2.85. The number of carbonyl (C=O) groups excluding carboxylic acids is 1. The van der Waals surface area contributed by atoms with Gasteiger partial charge in [-0.2, -0.15) is 4.98 Å². The monoisotopic (exact) mass is 447 g/mol. The highest BCUT2D eigenvalue weighted by atomic mass is 16.5. The maximum absolute atomic E-state index is 12.2. The Balaban J connectivity index is 1.35. The third-order valence-corrected chi connectivity index (χ3v) is 5.42. The van der Waals surface area contributed by atoms with Crippen LogP contribution in [0.2, 0.25) is 0 Å². The first kappa shape index (κ1) is 21.0. The summed E-state index contributed by atoms with van der Waals surface area (Å²) in [5.41, 5.74) is 2.84. The maximum atomic E-state index is 12.2. The number of benzene rings is 1. The fourth-order valence-electron chi connectivity index (χ4n) is 3.72. The summed E-state index contributed by atoms with van der Waals surface area (Å²) in [6.07, 6.45) is 3.27. The number of pyridine rings is 1. The largest absolute Gasteiger partial charge is 0.490 e. The van der Waals surface area contributed by atoms with Crippen molar-refractivity contribution in [2.75, 3.05) is 60.3 Å². The van der Waals surface area contributed by atoms with E-state index in [1.165, 1.54) is 13.1 Å². The van der Waals surface area contributed by atoms with Crippen LogP contribution in [0.15, 0.2) is 42.7 Å². The zero-order chi connectivity index (χ0) is 22.6. The Morgan fingerprint density at radius 1 is 1.03 bits per heavy atom. The normalized spacial score (nSPS) is 15.1. The molecule has 1 aromatic carbocycles. The minimum absolute atomic E-state index is 0.125. The number of fused-ring (bicyclic) bond motifs is 1. The lowest BCUT2D eigenvalue weighted by atomic mass is 10.2. The first-order valence-corrected chi connectivity index (χ1v) is 10.9. The molecule has 10 nitrogen and oxygen atoms in total. The molecule has 2 aliphatic rings. The van der Waals surface area contributed by atoms with E-state index in [1.807, 2.05) is 30.3 Å². The molecule has 0 unspecified atom stereocenters. The Morgan fingerprint density at radius 2 is 1.88 bits per heavy atom. The van der Waals surface area contributed by atoms with Gasteiger partial charge >= 0.3 is 0 Å². The highest BCUT2D eigenvalue weighted by Gasteiger charge is 2.15. The van der Waals surface area contributed by atoms with E-state index in [1.54, 1.807) is 6.20 Å². The first-order chi connectivity index (χ1) is 16.2. The minimum Gasteiger partial charge on any atom is -0.490 e. The molecule has 1 fully saturated rings. The fourth-order valence-corrected chi connectivity index (χ4v) is 3.72. The van der Waals surface area contributed by atoms with Crippen LogP contribution in [0.5, 0.6) is 5.75 Å². The van der Waals surface area contributed by atoms with Crippen molar-refractivity contribution < 1.29 is 14.3 Å². The number of aromatic nitrogens is 3. The molecule has 0 spiro atoms. The number of hydrogen-bond acceptors (Lipinski definition) is 10. The molecular weight excluding hydrogens is 422 g/mol. The summed E-state index contributed by atoms with van der Waals surface area (Å²) in [6.45, 7) is 5.95. The Kier molecular flexibility index (Phi) is 5.90. The van der Waals surface area contributed by atoms with Gasteiger partial charge in [0.15, 0.2) is 5.78 Å². The van der Waals surface area contributed by atoms with Crippen LogP contribution in [-0.2, 0) is 4.74 Å². The number of nitrogens with one attached hydrogen (secondary N) is 3. The highest BCUT2D eigenvalue weighted by molar-refractivity contribution is 5.99. The molecule has 0 radical (unpaired) electrons. The lowest BCUT2D eigenvalue weighted by Crippen LogP contribution is -2.36. The number of Topliss-reactive ketones (excluding diaryl/α,β-unsaturated/α-hetero) is 1. The van der Waals surface area contributed by atoms with E-state index in [0.717, 1.165) is 48.3 Å². The van der Waals surface area contributed by atoms with Crippen molar-refractivity contribution >= 4 is 40.4 Å². The zero-order valence-corrected chi connectivity index (χ0v) is 18.3. The van der Waals surface area contributed by atoms with Gasteiger partial charge in [0.2, 0.25) is 5.95 Å². The molecule has 2 aromatic heterocycles. The molecule has 4 heterocycles. The second-order valence-electron chi connectivity index (χ2n) is 7.75. The SMILES string of the molecule is CC(=O)c1cnc(Nc2ccc(N3CCOCC3)nc2)nc1Nc1ccc2c(c1)NCCO2. The molecule has 10 heteroatoms. The number of nitrogens with zero attached hydrogens (tertiary/aromatic N) is 4. The van der Waals surface area contributed by atoms with Crippen molar-refractivity contribution in [3.05, 3.63) is 48.3 Å². The van der Waals surface area contributed by atoms with Gasteiger partial charge < -0.3 is 30.3 Å². The second-order valence-corrected chi connectivity index (χ2v) is 7.75. The van der Waals surface area contributed by atoms with E-state index < -0.39 is 0 Å². The number of carbonyl (C=O) groups is 1. The van der Waals surface area contributed by atoms with E-state index in [2.05, 4.69) is 35.8 Å². The topological polar surface area (TPSA) is 114 Å². The van der Waals surface area contributed by atoms with Gasteiger partial charge in [0, 0.05) is 31.5 Å². The first-order valence-electron chi connectivity index (χ1n) is 10.9. The molecule has 3 aromatic rings. The molecular formula is C23H25N7O3. The van der Waals surface area contributed by atoms with E-state index >= 15 is 0 Å². The van der Waals surface area contributed by atoms with Crippen molar-refractivity contribution in [3.63, 3.8) is 0 Å². The zero-order valence-electron chi connectivity index (χ0n) is 18.3. The standard InChI is InChI=1S/C23H25N7O3/c1-15(31)18-14-26-23(28-17-3-5-21(25-13-17)30-7-10-32-11-8-30)29-22(18)27-16-2-4-20-19(12-16)24-6-9-33-20/h2-5,12-14,24H,6-11H2,1H3,(H2,26,27,28,29). The second kappa shape index (κ2) is 9.29. The quantitative estimate of drug-likeness (QED) is 0.487. The van der Waals surface area contributed by atoms with Gasteiger partial charge in [-0.15, -0.1) is 0 Å². The molecule has 0 saturated carbocycles. The molecule has 0 aliphatic carbocycles. The van der Waals surface area contributed by atoms with Gasteiger partial charge in [-0.3, -0.25) is 4.79 Å². The number of anilines is 6. The summed E-state index contributed by atoms with van der Waals surface area (Å²) in [7, 11) is 0.